The Labute approximate surface area is 123 Å². The summed E-state index contributed by atoms with van der Waals surface area (Å²) < 4.78 is 18.4. The number of ether oxygens (including phenoxy) is 1. The van der Waals surface area contributed by atoms with E-state index in [0.717, 1.165) is 51.8 Å². The molecule has 0 radical (unpaired) electrons. The first-order valence-electron chi connectivity index (χ1n) is 7.15. The summed E-state index contributed by atoms with van der Waals surface area (Å²) >= 11 is 0. The number of hydrogen-bond donors (Lipinski definition) is 1. The van der Waals surface area contributed by atoms with Crippen LogP contribution in [0.2, 0.25) is 0 Å². The van der Waals surface area contributed by atoms with Crippen molar-refractivity contribution >= 4 is 11.4 Å². The number of rotatable bonds is 7. The first-order valence-corrected chi connectivity index (χ1v) is 7.15. The zero-order valence-corrected chi connectivity index (χ0v) is 11.9. The third-order valence-corrected chi connectivity index (χ3v) is 3.48. The lowest BCUT2D eigenvalue weighted by atomic mass is 10.2. The minimum absolute atomic E-state index is 0.0930. The molecule has 0 amide bonds. The van der Waals surface area contributed by atoms with Gasteiger partial charge in [-0.15, -0.1) is 0 Å². The third-order valence-electron chi connectivity index (χ3n) is 3.48. The Kier molecular flexibility index (Phi) is 5.89. The number of hydrogen-bond acceptors (Lipinski definition) is 5. The highest BCUT2D eigenvalue weighted by Crippen LogP contribution is 2.24. The van der Waals surface area contributed by atoms with Gasteiger partial charge in [0.2, 0.25) is 0 Å². The van der Waals surface area contributed by atoms with Crippen molar-refractivity contribution < 1.29 is 14.1 Å². The molecule has 1 aromatic carbocycles. The van der Waals surface area contributed by atoms with Gasteiger partial charge in [-0.2, -0.15) is 0 Å². The molecule has 0 aliphatic carbocycles. The highest BCUT2D eigenvalue weighted by Gasteiger charge is 2.14. The van der Waals surface area contributed by atoms with Gasteiger partial charge >= 0.3 is 0 Å². The van der Waals surface area contributed by atoms with Gasteiger partial charge in [0, 0.05) is 31.8 Å². The normalized spacial score (nSPS) is 15.9. The molecule has 7 heteroatoms. The van der Waals surface area contributed by atoms with Crippen LogP contribution in [0.4, 0.5) is 15.8 Å². The topological polar surface area (TPSA) is 67.6 Å². The second-order valence-corrected chi connectivity index (χ2v) is 5.01. The molecule has 1 fully saturated rings. The molecule has 6 nitrogen and oxygen atoms in total. The predicted octanol–water partition coefficient (Wildman–Crippen LogP) is 2.26. The summed E-state index contributed by atoms with van der Waals surface area (Å²) in [5, 5.41) is 13.8. The Morgan fingerprint density at radius 3 is 2.81 bits per heavy atom. The monoisotopic (exact) mass is 297 g/mol. The van der Waals surface area contributed by atoms with Crippen LogP contribution in [0.15, 0.2) is 18.2 Å². The van der Waals surface area contributed by atoms with E-state index in [-0.39, 0.29) is 11.4 Å². The SMILES string of the molecule is O=[N+]([O-])c1ccc(F)cc1NCCCCN1CCOCC1. The molecule has 0 spiro atoms. The lowest BCUT2D eigenvalue weighted by molar-refractivity contribution is -0.384. The number of nitrogens with one attached hydrogen (secondary N) is 1. The average molecular weight is 297 g/mol. The van der Waals surface area contributed by atoms with Crippen LogP contribution in [0, 0.1) is 15.9 Å². The predicted molar refractivity (Wildman–Crippen MR) is 78.0 cm³/mol. The largest absolute Gasteiger partial charge is 0.379 e. The van der Waals surface area contributed by atoms with Crippen LogP contribution >= 0.6 is 0 Å². The van der Waals surface area contributed by atoms with E-state index in [4.69, 9.17) is 4.74 Å². The maximum Gasteiger partial charge on any atom is 0.292 e. The van der Waals surface area contributed by atoms with E-state index in [1.54, 1.807) is 0 Å². The molecule has 0 atom stereocenters. The first-order chi connectivity index (χ1) is 10.2. The molecular formula is C14H20FN3O3. The number of unbranched alkanes of at least 4 members (excludes halogenated alkanes) is 1. The van der Waals surface area contributed by atoms with Crippen molar-refractivity contribution in [2.45, 2.75) is 12.8 Å². The molecule has 1 aromatic rings. The minimum Gasteiger partial charge on any atom is -0.379 e. The van der Waals surface area contributed by atoms with Crippen LogP contribution in [0.1, 0.15) is 12.8 Å². The summed E-state index contributed by atoms with van der Waals surface area (Å²) in [6, 6.07) is 3.45. The summed E-state index contributed by atoms with van der Waals surface area (Å²) in [6.07, 6.45) is 1.88. The number of halogens is 1. The number of nitro groups is 1. The molecule has 1 aliphatic heterocycles. The van der Waals surface area contributed by atoms with Crippen LogP contribution < -0.4 is 5.32 Å². The molecule has 2 rings (SSSR count). The van der Waals surface area contributed by atoms with Gasteiger partial charge in [0.15, 0.2) is 0 Å². The highest BCUT2D eigenvalue weighted by atomic mass is 19.1. The van der Waals surface area contributed by atoms with E-state index in [0.29, 0.717) is 6.54 Å². The van der Waals surface area contributed by atoms with Crippen LogP contribution in [0.3, 0.4) is 0 Å². The summed E-state index contributed by atoms with van der Waals surface area (Å²) in [5.74, 6) is -0.476. The lowest BCUT2D eigenvalue weighted by Crippen LogP contribution is -2.36. The number of nitro benzene ring substituents is 1. The van der Waals surface area contributed by atoms with Gasteiger partial charge in [-0.05, 0) is 25.5 Å². The van der Waals surface area contributed by atoms with E-state index < -0.39 is 10.7 Å². The Bertz CT molecular complexity index is 479. The minimum atomic E-state index is -0.504. The molecule has 21 heavy (non-hydrogen) atoms. The second kappa shape index (κ2) is 7.90. The van der Waals surface area contributed by atoms with Gasteiger partial charge in [-0.1, -0.05) is 0 Å². The molecule has 1 N–H and O–H groups in total. The van der Waals surface area contributed by atoms with Gasteiger partial charge < -0.3 is 10.1 Å². The molecule has 0 unspecified atom stereocenters. The fraction of sp³-hybridized carbons (Fsp3) is 0.571. The third kappa shape index (κ3) is 4.95. The van der Waals surface area contributed by atoms with Crippen molar-refractivity contribution in [3.63, 3.8) is 0 Å². The Morgan fingerprint density at radius 1 is 1.33 bits per heavy atom. The molecule has 1 saturated heterocycles. The van der Waals surface area contributed by atoms with Crippen molar-refractivity contribution in [3.05, 3.63) is 34.1 Å². The molecule has 1 aliphatic rings. The smallest absolute Gasteiger partial charge is 0.292 e. The van der Waals surface area contributed by atoms with Crippen molar-refractivity contribution in [2.24, 2.45) is 0 Å². The quantitative estimate of drug-likeness (QED) is 0.475. The summed E-state index contributed by atoms with van der Waals surface area (Å²) in [4.78, 5) is 12.7. The molecule has 116 valence electrons. The van der Waals surface area contributed by atoms with Gasteiger partial charge in [0.25, 0.3) is 5.69 Å². The van der Waals surface area contributed by atoms with Crippen molar-refractivity contribution in [2.75, 3.05) is 44.7 Å². The lowest BCUT2D eigenvalue weighted by Gasteiger charge is -2.26. The number of morpholine rings is 1. The van der Waals surface area contributed by atoms with E-state index >= 15 is 0 Å². The molecule has 0 bridgehead atoms. The van der Waals surface area contributed by atoms with Gasteiger partial charge in [-0.3, -0.25) is 15.0 Å². The molecular weight excluding hydrogens is 277 g/mol. The van der Waals surface area contributed by atoms with Crippen LogP contribution in [0.5, 0.6) is 0 Å². The summed E-state index contributed by atoms with van der Waals surface area (Å²) in [5.41, 5.74) is 0.149. The maximum atomic E-state index is 13.1. The zero-order valence-electron chi connectivity index (χ0n) is 11.9. The van der Waals surface area contributed by atoms with Crippen molar-refractivity contribution in [1.82, 2.24) is 4.90 Å². The number of nitrogens with zero attached hydrogens (tertiary/aromatic N) is 2. The van der Waals surface area contributed by atoms with Crippen LogP contribution in [0.25, 0.3) is 0 Å². The van der Waals surface area contributed by atoms with E-state index in [9.17, 15) is 14.5 Å². The van der Waals surface area contributed by atoms with Crippen molar-refractivity contribution in [3.8, 4) is 0 Å². The maximum absolute atomic E-state index is 13.1. The Morgan fingerprint density at radius 2 is 2.10 bits per heavy atom. The highest BCUT2D eigenvalue weighted by molar-refractivity contribution is 5.61. The van der Waals surface area contributed by atoms with Gasteiger partial charge in [0.05, 0.1) is 18.1 Å². The van der Waals surface area contributed by atoms with Crippen LogP contribution in [-0.4, -0.2) is 49.2 Å². The Hall–Kier alpha value is -1.73. The van der Waals surface area contributed by atoms with E-state index in [1.165, 1.54) is 12.1 Å². The fourth-order valence-corrected chi connectivity index (χ4v) is 2.32. The number of anilines is 1. The van der Waals surface area contributed by atoms with Crippen molar-refractivity contribution in [1.29, 1.82) is 0 Å². The molecule has 0 saturated carbocycles. The fourth-order valence-electron chi connectivity index (χ4n) is 2.32. The average Bonchev–Trinajstić information content (AvgIpc) is 2.48. The van der Waals surface area contributed by atoms with Crippen LogP contribution in [-0.2, 0) is 4.74 Å². The van der Waals surface area contributed by atoms with Gasteiger partial charge in [0.1, 0.15) is 11.5 Å². The summed E-state index contributed by atoms with van der Waals surface area (Å²) in [7, 11) is 0. The zero-order chi connectivity index (χ0) is 15.1. The van der Waals surface area contributed by atoms with E-state index in [1.807, 2.05) is 0 Å². The number of benzene rings is 1. The summed E-state index contributed by atoms with van der Waals surface area (Å²) in [6.45, 7) is 5.08. The Balaban J connectivity index is 1.73. The standard InChI is InChI=1S/C14H20FN3O3/c15-12-3-4-14(18(19)20)13(11-12)16-5-1-2-6-17-7-9-21-10-8-17/h3-4,11,16H,1-2,5-10H2. The van der Waals surface area contributed by atoms with Gasteiger partial charge in [-0.25, -0.2) is 4.39 Å². The molecule has 0 aromatic heterocycles. The second-order valence-electron chi connectivity index (χ2n) is 5.01. The first kappa shape index (κ1) is 15.7. The van der Waals surface area contributed by atoms with E-state index in [2.05, 4.69) is 10.2 Å². The molecule has 1 heterocycles.